The number of carboxylic acid groups (broad SMARTS) is 1. The summed E-state index contributed by atoms with van der Waals surface area (Å²) in [5.41, 5.74) is 0. The van der Waals surface area contributed by atoms with E-state index in [-0.39, 0.29) is 12.5 Å². The SMILES string of the molecule is O=C(O)[C@H]1CCCCN1C(=O)C1COCCO1. The largest absolute Gasteiger partial charge is 0.480 e. The van der Waals surface area contributed by atoms with Crippen molar-refractivity contribution < 1.29 is 24.2 Å². The monoisotopic (exact) mass is 243 g/mol. The number of ether oxygens (including phenoxy) is 2. The lowest BCUT2D eigenvalue weighted by molar-refractivity contribution is -0.167. The molecule has 0 aromatic heterocycles. The maximum Gasteiger partial charge on any atom is 0.326 e. The summed E-state index contributed by atoms with van der Waals surface area (Å²) >= 11 is 0. The van der Waals surface area contributed by atoms with Crippen LogP contribution < -0.4 is 0 Å². The van der Waals surface area contributed by atoms with E-state index in [1.165, 1.54) is 4.90 Å². The van der Waals surface area contributed by atoms with Gasteiger partial charge >= 0.3 is 5.97 Å². The van der Waals surface area contributed by atoms with Gasteiger partial charge in [-0.3, -0.25) is 4.79 Å². The second kappa shape index (κ2) is 5.46. The maximum atomic E-state index is 12.1. The second-order valence-electron chi connectivity index (χ2n) is 4.32. The normalized spacial score (nSPS) is 30.0. The van der Waals surface area contributed by atoms with Crippen LogP contribution in [0.1, 0.15) is 19.3 Å². The Morgan fingerprint density at radius 3 is 2.71 bits per heavy atom. The molecule has 0 spiro atoms. The van der Waals surface area contributed by atoms with Crippen molar-refractivity contribution in [2.75, 3.05) is 26.4 Å². The van der Waals surface area contributed by atoms with Gasteiger partial charge in [-0.05, 0) is 19.3 Å². The average Bonchev–Trinajstić information content (AvgIpc) is 2.39. The number of carbonyl (C=O) groups is 2. The van der Waals surface area contributed by atoms with Crippen LogP contribution >= 0.6 is 0 Å². The Morgan fingerprint density at radius 2 is 2.06 bits per heavy atom. The van der Waals surface area contributed by atoms with E-state index in [0.29, 0.717) is 26.2 Å². The highest BCUT2D eigenvalue weighted by Gasteiger charge is 2.36. The van der Waals surface area contributed by atoms with Crippen LogP contribution in [0.2, 0.25) is 0 Å². The number of piperidine rings is 1. The van der Waals surface area contributed by atoms with Crippen LogP contribution in [0.5, 0.6) is 0 Å². The van der Waals surface area contributed by atoms with Gasteiger partial charge in [-0.25, -0.2) is 4.79 Å². The van der Waals surface area contributed by atoms with E-state index in [9.17, 15) is 9.59 Å². The van der Waals surface area contributed by atoms with Gasteiger partial charge in [0.05, 0.1) is 19.8 Å². The molecular formula is C11H17NO5. The summed E-state index contributed by atoms with van der Waals surface area (Å²) in [5, 5.41) is 9.09. The molecule has 1 unspecified atom stereocenters. The molecule has 0 bridgehead atoms. The second-order valence-corrected chi connectivity index (χ2v) is 4.32. The number of likely N-dealkylation sites (tertiary alicyclic amines) is 1. The molecule has 2 aliphatic heterocycles. The van der Waals surface area contributed by atoms with Gasteiger partial charge in [-0.2, -0.15) is 0 Å². The van der Waals surface area contributed by atoms with Crippen molar-refractivity contribution in [3.8, 4) is 0 Å². The first-order chi connectivity index (χ1) is 8.20. The van der Waals surface area contributed by atoms with E-state index in [2.05, 4.69) is 0 Å². The van der Waals surface area contributed by atoms with Crippen molar-refractivity contribution in [1.82, 2.24) is 4.90 Å². The number of amides is 1. The van der Waals surface area contributed by atoms with Gasteiger partial charge < -0.3 is 19.5 Å². The van der Waals surface area contributed by atoms with E-state index < -0.39 is 18.1 Å². The Labute approximate surface area is 99.5 Å². The highest BCUT2D eigenvalue weighted by Crippen LogP contribution is 2.19. The molecule has 1 amide bonds. The summed E-state index contributed by atoms with van der Waals surface area (Å²) in [7, 11) is 0. The molecular weight excluding hydrogens is 226 g/mol. The van der Waals surface area contributed by atoms with E-state index in [1.54, 1.807) is 0 Å². The lowest BCUT2D eigenvalue weighted by Crippen LogP contribution is -2.53. The molecule has 2 heterocycles. The lowest BCUT2D eigenvalue weighted by Gasteiger charge is -2.36. The zero-order valence-corrected chi connectivity index (χ0v) is 9.63. The Kier molecular flexibility index (Phi) is 3.96. The van der Waals surface area contributed by atoms with Crippen LogP contribution in [0.15, 0.2) is 0 Å². The minimum atomic E-state index is -0.935. The van der Waals surface area contributed by atoms with Crippen molar-refractivity contribution >= 4 is 11.9 Å². The van der Waals surface area contributed by atoms with Crippen molar-refractivity contribution in [2.45, 2.75) is 31.4 Å². The molecule has 2 fully saturated rings. The van der Waals surface area contributed by atoms with Crippen LogP contribution in [0, 0.1) is 0 Å². The molecule has 6 nitrogen and oxygen atoms in total. The Balaban J connectivity index is 2.02. The van der Waals surface area contributed by atoms with Crippen LogP contribution in [0.4, 0.5) is 0 Å². The quantitative estimate of drug-likeness (QED) is 0.731. The summed E-state index contributed by atoms with van der Waals surface area (Å²) in [4.78, 5) is 24.6. The third-order valence-corrected chi connectivity index (χ3v) is 3.16. The molecule has 1 N–H and O–H groups in total. The molecule has 0 aromatic carbocycles. The van der Waals surface area contributed by atoms with E-state index >= 15 is 0 Å². The highest BCUT2D eigenvalue weighted by atomic mass is 16.6. The number of rotatable bonds is 2. The van der Waals surface area contributed by atoms with Gasteiger partial charge in [0.2, 0.25) is 0 Å². The number of aliphatic carboxylic acids is 1. The Bertz CT molecular complexity index is 300. The van der Waals surface area contributed by atoms with Crippen LogP contribution in [0.25, 0.3) is 0 Å². The predicted molar refractivity (Wildman–Crippen MR) is 57.5 cm³/mol. The maximum absolute atomic E-state index is 12.1. The average molecular weight is 243 g/mol. The van der Waals surface area contributed by atoms with Crippen molar-refractivity contribution in [3.05, 3.63) is 0 Å². The van der Waals surface area contributed by atoms with Crippen molar-refractivity contribution in [2.24, 2.45) is 0 Å². The first kappa shape index (κ1) is 12.3. The highest BCUT2D eigenvalue weighted by molar-refractivity contribution is 5.86. The zero-order valence-electron chi connectivity index (χ0n) is 9.63. The minimum absolute atomic E-state index is 0.224. The number of hydrogen-bond acceptors (Lipinski definition) is 4. The molecule has 2 rings (SSSR count). The summed E-state index contributed by atoms with van der Waals surface area (Å²) < 4.78 is 10.5. The predicted octanol–water partition coefficient (Wildman–Crippen LogP) is -0.133. The molecule has 2 atom stereocenters. The lowest BCUT2D eigenvalue weighted by atomic mass is 10.0. The smallest absolute Gasteiger partial charge is 0.326 e. The number of carbonyl (C=O) groups excluding carboxylic acids is 1. The number of hydrogen-bond donors (Lipinski definition) is 1. The molecule has 2 saturated heterocycles. The molecule has 6 heteroatoms. The van der Waals surface area contributed by atoms with Crippen molar-refractivity contribution in [3.63, 3.8) is 0 Å². The molecule has 2 aliphatic rings. The van der Waals surface area contributed by atoms with Gasteiger partial charge in [-0.1, -0.05) is 0 Å². The van der Waals surface area contributed by atoms with E-state index in [0.717, 1.165) is 12.8 Å². The van der Waals surface area contributed by atoms with Crippen LogP contribution in [-0.2, 0) is 19.1 Å². The van der Waals surface area contributed by atoms with Crippen LogP contribution in [-0.4, -0.2) is 60.4 Å². The van der Waals surface area contributed by atoms with Gasteiger partial charge in [0, 0.05) is 6.54 Å². The molecule has 0 radical (unpaired) electrons. The standard InChI is InChI=1S/C11H17NO5/c13-10(9-7-16-5-6-17-9)12-4-2-1-3-8(12)11(14)15/h8-9H,1-7H2,(H,14,15)/t8-,9?/m1/s1. The fourth-order valence-electron chi connectivity index (χ4n) is 2.27. The van der Waals surface area contributed by atoms with Gasteiger partial charge in [0.15, 0.2) is 6.10 Å². The molecule has 17 heavy (non-hydrogen) atoms. The minimum Gasteiger partial charge on any atom is -0.480 e. The molecule has 96 valence electrons. The first-order valence-electron chi connectivity index (χ1n) is 5.93. The van der Waals surface area contributed by atoms with Crippen molar-refractivity contribution in [1.29, 1.82) is 0 Å². The molecule has 0 aromatic rings. The molecule has 0 aliphatic carbocycles. The van der Waals surface area contributed by atoms with Gasteiger partial charge in [0.1, 0.15) is 6.04 Å². The van der Waals surface area contributed by atoms with E-state index in [1.807, 2.05) is 0 Å². The summed E-state index contributed by atoms with van der Waals surface area (Å²) in [5.74, 6) is -1.19. The fraction of sp³-hybridized carbons (Fsp3) is 0.818. The Morgan fingerprint density at radius 1 is 1.24 bits per heavy atom. The third kappa shape index (κ3) is 2.76. The number of carboxylic acids is 1. The third-order valence-electron chi connectivity index (χ3n) is 3.16. The van der Waals surface area contributed by atoms with E-state index in [4.69, 9.17) is 14.6 Å². The zero-order chi connectivity index (χ0) is 12.3. The van der Waals surface area contributed by atoms with Gasteiger partial charge in [-0.15, -0.1) is 0 Å². The summed E-state index contributed by atoms with van der Waals surface area (Å²) in [6.07, 6.45) is 1.59. The van der Waals surface area contributed by atoms with Crippen LogP contribution in [0.3, 0.4) is 0 Å². The Hall–Kier alpha value is -1.14. The molecule has 0 saturated carbocycles. The number of nitrogens with zero attached hydrogens (tertiary/aromatic N) is 1. The first-order valence-corrected chi connectivity index (χ1v) is 5.93. The topological polar surface area (TPSA) is 76.1 Å². The van der Waals surface area contributed by atoms with Gasteiger partial charge in [0.25, 0.3) is 5.91 Å². The summed E-state index contributed by atoms with van der Waals surface area (Å²) in [6.45, 7) is 1.60. The fourth-order valence-corrected chi connectivity index (χ4v) is 2.27. The summed E-state index contributed by atoms with van der Waals surface area (Å²) in [6, 6.07) is -0.707.